The summed E-state index contributed by atoms with van der Waals surface area (Å²) in [6, 6.07) is 19.0. The number of carbonyl (C=O) groups is 2. The summed E-state index contributed by atoms with van der Waals surface area (Å²) in [6.07, 6.45) is 0. The molecule has 0 aliphatic heterocycles. The van der Waals surface area contributed by atoms with Crippen LogP contribution >= 0.6 is 11.6 Å². The van der Waals surface area contributed by atoms with Crippen LogP contribution in [-0.4, -0.2) is 26.8 Å². The molecule has 0 unspecified atom stereocenters. The Morgan fingerprint density at radius 2 is 1.55 bits per heavy atom. The van der Waals surface area contributed by atoms with Crippen molar-refractivity contribution in [1.29, 1.82) is 0 Å². The first-order valence-electron chi connectivity index (χ1n) is 9.26. The number of carbonyl (C=O) groups excluding carboxylic acids is 2. The minimum atomic E-state index is -3.88. The van der Waals surface area contributed by atoms with Crippen LogP contribution in [0.5, 0.6) is 0 Å². The number of nitrogens with one attached hydrogen (secondary N) is 3. The van der Waals surface area contributed by atoms with E-state index in [0.29, 0.717) is 16.4 Å². The number of hydrogen-bond acceptors (Lipinski definition) is 4. The van der Waals surface area contributed by atoms with Crippen LogP contribution in [0.25, 0.3) is 0 Å². The second kappa shape index (κ2) is 9.63. The van der Waals surface area contributed by atoms with E-state index in [0.717, 1.165) is 5.56 Å². The quantitative estimate of drug-likeness (QED) is 0.501. The number of amides is 2. The van der Waals surface area contributed by atoms with Gasteiger partial charge in [-0.15, -0.1) is 0 Å². The van der Waals surface area contributed by atoms with Crippen molar-refractivity contribution in [2.75, 3.05) is 16.6 Å². The van der Waals surface area contributed by atoms with E-state index >= 15 is 0 Å². The molecule has 0 atom stereocenters. The monoisotopic (exact) mass is 457 g/mol. The Hall–Kier alpha value is -3.36. The molecule has 0 radical (unpaired) electrons. The third-order valence-corrected chi connectivity index (χ3v) is 5.88. The molecule has 0 bridgehead atoms. The minimum Gasteiger partial charge on any atom is -0.343 e. The lowest BCUT2D eigenvalue weighted by atomic mass is 10.2. The molecule has 0 aliphatic carbocycles. The molecule has 0 heterocycles. The van der Waals surface area contributed by atoms with Crippen LogP contribution in [-0.2, 0) is 14.8 Å². The van der Waals surface area contributed by atoms with Crippen LogP contribution < -0.4 is 15.4 Å². The normalized spacial score (nSPS) is 10.9. The van der Waals surface area contributed by atoms with E-state index in [9.17, 15) is 18.0 Å². The van der Waals surface area contributed by atoms with Crippen molar-refractivity contribution in [1.82, 2.24) is 5.32 Å². The molecule has 3 N–H and O–H groups in total. The first-order chi connectivity index (χ1) is 14.7. The van der Waals surface area contributed by atoms with Crippen molar-refractivity contribution in [3.63, 3.8) is 0 Å². The molecule has 0 spiro atoms. The third-order valence-electron chi connectivity index (χ3n) is 4.25. The summed E-state index contributed by atoms with van der Waals surface area (Å²) >= 11 is 5.80. The van der Waals surface area contributed by atoms with Gasteiger partial charge in [0.25, 0.3) is 15.9 Å². The predicted octanol–water partition coefficient (Wildman–Crippen LogP) is 3.82. The Morgan fingerprint density at radius 3 is 2.23 bits per heavy atom. The number of aryl methyl sites for hydroxylation is 1. The van der Waals surface area contributed by atoms with Crippen molar-refractivity contribution < 1.29 is 18.0 Å². The predicted molar refractivity (Wildman–Crippen MR) is 121 cm³/mol. The van der Waals surface area contributed by atoms with Crippen LogP contribution in [0.2, 0.25) is 5.02 Å². The van der Waals surface area contributed by atoms with Gasteiger partial charge in [0.05, 0.1) is 11.4 Å². The van der Waals surface area contributed by atoms with Gasteiger partial charge >= 0.3 is 0 Å². The van der Waals surface area contributed by atoms with Gasteiger partial charge in [0.1, 0.15) is 0 Å². The molecule has 9 heteroatoms. The molecule has 2 amide bonds. The lowest BCUT2D eigenvalue weighted by molar-refractivity contribution is -0.115. The highest BCUT2D eigenvalue weighted by molar-refractivity contribution is 7.92. The van der Waals surface area contributed by atoms with Gasteiger partial charge in [-0.1, -0.05) is 35.4 Å². The molecule has 31 heavy (non-hydrogen) atoms. The van der Waals surface area contributed by atoms with Gasteiger partial charge in [-0.3, -0.25) is 14.3 Å². The van der Waals surface area contributed by atoms with Crippen molar-refractivity contribution in [2.45, 2.75) is 11.8 Å². The highest BCUT2D eigenvalue weighted by Crippen LogP contribution is 2.18. The molecule has 0 saturated carbocycles. The first-order valence-corrected chi connectivity index (χ1v) is 11.1. The SMILES string of the molecule is Cc1ccc(NS(=O)(=O)c2cccc(C(=O)NCC(=O)Nc3ccc(Cl)cc3)c2)cc1. The van der Waals surface area contributed by atoms with Crippen molar-refractivity contribution >= 4 is 44.8 Å². The Morgan fingerprint density at radius 1 is 0.903 bits per heavy atom. The van der Waals surface area contributed by atoms with Crippen molar-refractivity contribution in [3.8, 4) is 0 Å². The van der Waals surface area contributed by atoms with E-state index in [2.05, 4.69) is 15.4 Å². The Balaban J connectivity index is 1.63. The van der Waals surface area contributed by atoms with Gasteiger partial charge in [-0.25, -0.2) is 8.42 Å². The largest absolute Gasteiger partial charge is 0.343 e. The molecule has 3 aromatic rings. The summed E-state index contributed by atoms with van der Waals surface area (Å²) in [4.78, 5) is 24.4. The molecule has 3 aromatic carbocycles. The molecule has 0 fully saturated rings. The molecule has 3 rings (SSSR count). The highest BCUT2D eigenvalue weighted by Gasteiger charge is 2.17. The maximum absolute atomic E-state index is 12.6. The average molecular weight is 458 g/mol. The summed E-state index contributed by atoms with van der Waals surface area (Å²) in [6.45, 7) is 1.62. The van der Waals surface area contributed by atoms with Gasteiger partial charge in [0, 0.05) is 22.0 Å². The molecular weight excluding hydrogens is 438 g/mol. The standard InChI is InChI=1S/C22H20ClN3O4S/c1-15-5-9-19(10-6-15)26-31(29,30)20-4-2-3-16(13-20)22(28)24-14-21(27)25-18-11-7-17(23)8-12-18/h2-13,26H,14H2,1H3,(H,24,28)(H,25,27). The van der Waals surface area contributed by atoms with Gasteiger partial charge in [-0.2, -0.15) is 0 Å². The van der Waals surface area contributed by atoms with Crippen LogP contribution in [0.4, 0.5) is 11.4 Å². The second-order valence-electron chi connectivity index (χ2n) is 6.74. The summed E-state index contributed by atoms with van der Waals surface area (Å²) in [5.41, 5.74) is 2.08. The van der Waals surface area contributed by atoms with Crippen LogP contribution in [0.15, 0.2) is 77.7 Å². The lowest BCUT2D eigenvalue weighted by Gasteiger charge is -2.10. The van der Waals surface area contributed by atoms with E-state index in [1.54, 1.807) is 48.5 Å². The zero-order valence-corrected chi connectivity index (χ0v) is 18.1. The summed E-state index contributed by atoms with van der Waals surface area (Å²) in [5.74, 6) is -1.00. The van der Waals surface area contributed by atoms with Crippen LogP contribution in [0.1, 0.15) is 15.9 Å². The lowest BCUT2D eigenvalue weighted by Crippen LogP contribution is -2.33. The summed E-state index contributed by atoms with van der Waals surface area (Å²) in [5, 5.41) is 5.64. The van der Waals surface area contributed by atoms with E-state index in [4.69, 9.17) is 11.6 Å². The van der Waals surface area contributed by atoms with E-state index < -0.39 is 21.8 Å². The molecule has 7 nitrogen and oxygen atoms in total. The van der Waals surface area contributed by atoms with E-state index in [-0.39, 0.29) is 17.0 Å². The number of benzene rings is 3. The molecule has 0 aromatic heterocycles. The zero-order chi connectivity index (χ0) is 22.4. The first kappa shape index (κ1) is 22.3. The maximum Gasteiger partial charge on any atom is 0.261 e. The topological polar surface area (TPSA) is 104 Å². The molecule has 160 valence electrons. The molecular formula is C22H20ClN3O4S. The smallest absolute Gasteiger partial charge is 0.261 e. The fourth-order valence-corrected chi connectivity index (χ4v) is 3.87. The fraction of sp³-hybridized carbons (Fsp3) is 0.0909. The average Bonchev–Trinajstić information content (AvgIpc) is 2.75. The highest BCUT2D eigenvalue weighted by atomic mass is 35.5. The Kier molecular flexibility index (Phi) is 6.94. The second-order valence-corrected chi connectivity index (χ2v) is 8.86. The third kappa shape index (κ3) is 6.31. The number of anilines is 2. The maximum atomic E-state index is 12.6. The van der Waals surface area contributed by atoms with E-state index in [1.165, 1.54) is 24.3 Å². The van der Waals surface area contributed by atoms with Gasteiger partial charge < -0.3 is 10.6 Å². The number of halogens is 1. The van der Waals surface area contributed by atoms with Crippen molar-refractivity contribution in [2.24, 2.45) is 0 Å². The van der Waals surface area contributed by atoms with E-state index in [1.807, 2.05) is 6.92 Å². The van der Waals surface area contributed by atoms with Crippen LogP contribution in [0, 0.1) is 6.92 Å². The Bertz CT molecular complexity index is 1190. The molecule has 0 saturated heterocycles. The van der Waals surface area contributed by atoms with Crippen molar-refractivity contribution in [3.05, 3.63) is 88.9 Å². The summed E-state index contributed by atoms with van der Waals surface area (Å²) < 4.78 is 27.8. The zero-order valence-electron chi connectivity index (χ0n) is 16.6. The fourth-order valence-electron chi connectivity index (χ4n) is 2.64. The van der Waals surface area contributed by atoms with Gasteiger partial charge in [-0.05, 0) is 61.5 Å². The number of hydrogen-bond donors (Lipinski definition) is 3. The molecule has 0 aliphatic rings. The van der Waals surface area contributed by atoms with Gasteiger partial charge in [0.15, 0.2) is 0 Å². The van der Waals surface area contributed by atoms with Crippen LogP contribution in [0.3, 0.4) is 0 Å². The number of rotatable bonds is 7. The summed E-state index contributed by atoms with van der Waals surface area (Å²) in [7, 11) is -3.88. The van der Waals surface area contributed by atoms with Gasteiger partial charge in [0.2, 0.25) is 5.91 Å². The Labute approximate surface area is 185 Å². The number of sulfonamides is 1. The minimum absolute atomic E-state index is 0.0636.